The normalized spacial score (nSPS) is 19.8. The molecule has 0 aliphatic heterocycles. The van der Waals surface area contributed by atoms with Gasteiger partial charge in [-0.25, -0.2) is 4.39 Å². The second-order valence-electron chi connectivity index (χ2n) is 6.26. The highest BCUT2D eigenvalue weighted by Crippen LogP contribution is 2.23. The minimum absolute atomic E-state index is 0.112. The van der Waals surface area contributed by atoms with Crippen molar-refractivity contribution in [3.63, 3.8) is 0 Å². The van der Waals surface area contributed by atoms with Gasteiger partial charge in [-0.2, -0.15) is 0 Å². The summed E-state index contributed by atoms with van der Waals surface area (Å²) in [5, 5.41) is 5.14. The molecule has 0 bridgehead atoms. The van der Waals surface area contributed by atoms with Gasteiger partial charge < -0.3 is 15.4 Å². The standard InChI is InChI=1S/C18H23FN2O4/c1-12-6-2-5-9-15(12)21-16(22)11-25-17(23)10-20-18(24)13-7-3-4-8-14(13)19/h3-4,7-8,12,15H,2,5-6,9-11H2,1H3,(H,20,24)(H,21,22). The Morgan fingerprint density at radius 1 is 1.20 bits per heavy atom. The molecule has 6 nitrogen and oxygen atoms in total. The van der Waals surface area contributed by atoms with E-state index in [0.717, 1.165) is 25.3 Å². The van der Waals surface area contributed by atoms with Crippen LogP contribution in [-0.4, -0.2) is 37.0 Å². The molecular weight excluding hydrogens is 327 g/mol. The highest BCUT2D eigenvalue weighted by Gasteiger charge is 2.23. The average Bonchev–Trinajstić information content (AvgIpc) is 2.60. The lowest BCUT2D eigenvalue weighted by molar-refractivity contribution is -0.147. The average molecular weight is 350 g/mol. The summed E-state index contributed by atoms with van der Waals surface area (Å²) >= 11 is 0. The maximum Gasteiger partial charge on any atom is 0.325 e. The SMILES string of the molecule is CC1CCCCC1NC(=O)COC(=O)CNC(=O)c1ccccc1F. The number of amides is 2. The Hall–Kier alpha value is -2.44. The number of hydrogen-bond donors (Lipinski definition) is 2. The predicted octanol–water partition coefficient (Wildman–Crippen LogP) is 1.79. The molecule has 25 heavy (non-hydrogen) atoms. The molecule has 1 aliphatic rings. The first kappa shape index (κ1) is 18.9. The minimum atomic E-state index is -0.753. The quantitative estimate of drug-likeness (QED) is 0.766. The summed E-state index contributed by atoms with van der Waals surface area (Å²) < 4.78 is 18.3. The van der Waals surface area contributed by atoms with Gasteiger partial charge in [0.1, 0.15) is 12.4 Å². The Morgan fingerprint density at radius 3 is 2.64 bits per heavy atom. The number of ether oxygens (including phenoxy) is 1. The molecule has 2 amide bonds. The molecule has 0 aromatic heterocycles. The fourth-order valence-corrected chi connectivity index (χ4v) is 2.87. The summed E-state index contributed by atoms with van der Waals surface area (Å²) in [7, 11) is 0. The van der Waals surface area contributed by atoms with Crippen molar-refractivity contribution in [1.29, 1.82) is 0 Å². The lowest BCUT2D eigenvalue weighted by Gasteiger charge is -2.29. The molecule has 2 unspecified atom stereocenters. The molecule has 2 rings (SSSR count). The first-order valence-corrected chi connectivity index (χ1v) is 8.45. The Morgan fingerprint density at radius 2 is 1.92 bits per heavy atom. The van der Waals surface area contributed by atoms with Crippen LogP contribution in [0.15, 0.2) is 24.3 Å². The number of rotatable bonds is 6. The third-order valence-electron chi connectivity index (χ3n) is 4.33. The van der Waals surface area contributed by atoms with E-state index in [4.69, 9.17) is 4.74 Å². The van der Waals surface area contributed by atoms with E-state index >= 15 is 0 Å². The lowest BCUT2D eigenvalue weighted by Crippen LogP contribution is -2.43. The first-order chi connectivity index (χ1) is 12.0. The van der Waals surface area contributed by atoms with Gasteiger partial charge in [0, 0.05) is 6.04 Å². The van der Waals surface area contributed by atoms with Gasteiger partial charge in [0.25, 0.3) is 11.8 Å². The zero-order chi connectivity index (χ0) is 18.2. The van der Waals surface area contributed by atoms with Crippen molar-refractivity contribution in [2.45, 2.75) is 38.6 Å². The second kappa shape index (κ2) is 9.15. The van der Waals surface area contributed by atoms with Gasteiger partial charge in [-0.05, 0) is 30.9 Å². The minimum Gasteiger partial charge on any atom is -0.454 e. The smallest absolute Gasteiger partial charge is 0.325 e. The van der Waals surface area contributed by atoms with E-state index in [9.17, 15) is 18.8 Å². The fourth-order valence-electron chi connectivity index (χ4n) is 2.87. The molecule has 2 atom stereocenters. The van der Waals surface area contributed by atoms with Crippen LogP contribution in [-0.2, 0) is 14.3 Å². The maximum atomic E-state index is 13.4. The number of halogens is 1. The van der Waals surface area contributed by atoms with Crippen LogP contribution < -0.4 is 10.6 Å². The van der Waals surface area contributed by atoms with Crippen molar-refractivity contribution in [1.82, 2.24) is 10.6 Å². The number of hydrogen-bond acceptors (Lipinski definition) is 4. The van der Waals surface area contributed by atoms with Gasteiger partial charge in [0.2, 0.25) is 0 Å². The van der Waals surface area contributed by atoms with Crippen LogP contribution in [0.3, 0.4) is 0 Å². The highest BCUT2D eigenvalue weighted by atomic mass is 19.1. The number of benzene rings is 1. The molecule has 1 aromatic rings. The van der Waals surface area contributed by atoms with Crippen LogP contribution in [0, 0.1) is 11.7 Å². The molecular formula is C18H23FN2O4. The number of esters is 1. The van der Waals surface area contributed by atoms with E-state index < -0.39 is 30.8 Å². The predicted molar refractivity (Wildman–Crippen MR) is 89.3 cm³/mol. The third-order valence-corrected chi connectivity index (χ3v) is 4.33. The van der Waals surface area contributed by atoms with Crippen molar-refractivity contribution in [2.24, 2.45) is 5.92 Å². The Balaban J connectivity index is 1.69. The zero-order valence-corrected chi connectivity index (χ0v) is 14.2. The van der Waals surface area contributed by atoms with Crippen molar-refractivity contribution in [2.75, 3.05) is 13.2 Å². The number of nitrogens with one attached hydrogen (secondary N) is 2. The molecule has 0 saturated heterocycles. The van der Waals surface area contributed by atoms with E-state index in [1.807, 2.05) is 0 Å². The molecule has 1 fully saturated rings. The van der Waals surface area contributed by atoms with Gasteiger partial charge in [0.05, 0.1) is 5.56 Å². The summed E-state index contributed by atoms with van der Waals surface area (Å²) in [4.78, 5) is 35.2. The van der Waals surface area contributed by atoms with Crippen molar-refractivity contribution in [3.8, 4) is 0 Å². The maximum absolute atomic E-state index is 13.4. The van der Waals surface area contributed by atoms with E-state index in [2.05, 4.69) is 17.6 Å². The zero-order valence-electron chi connectivity index (χ0n) is 14.2. The van der Waals surface area contributed by atoms with Gasteiger partial charge in [0.15, 0.2) is 6.61 Å². The molecule has 136 valence electrons. The Bertz CT molecular complexity index is 635. The van der Waals surface area contributed by atoms with Crippen LogP contribution >= 0.6 is 0 Å². The first-order valence-electron chi connectivity index (χ1n) is 8.45. The van der Waals surface area contributed by atoms with Crippen LogP contribution in [0.4, 0.5) is 4.39 Å². The molecule has 7 heteroatoms. The summed E-state index contributed by atoms with van der Waals surface area (Å²) in [5.74, 6) is -2.08. The van der Waals surface area contributed by atoms with Gasteiger partial charge in [-0.15, -0.1) is 0 Å². The van der Waals surface area contributed by atoms with Gasteiger partial charge in [-0.3, -0.25) is 14.4 Å². The third kappa shape index (κ3) is 5.85. The summed E-state index contributed by atoms with van der Waals surface area (Å²) in [6.07, 6.45) is 4.26. The molecule has 2 N–H and O–H groups in total. The van der Waals surface area contributed by atoms with Gasteiger partial charge >= 0.3 is 5.97 Å². The van der Waals surface area contributed by atoms with Gasteiger partial charge in [-0.1, -0.05) is 31.9 Å². The second-order valence-corrected chi connectivity index (χ2v) is 6.26. The molecule has 0 spiro atoms. The monoisotopic (exact) mass is 350 g/mol. The highest BCUT2D eigenvalue weighted by molar-refractivity contribution is 5.96. The van der Waals surface area contributed by atoms with E-state index in [1.54, 1.807) is 0 Å². The fraction of sp³-hybridized carbons (Fsp3) is 0.500. The van der Waals surface area contributed by atoms with E-state index in [-0.39, 0.29) is 17.5 Å². The van der Waals surface area contributed by atoms with Crippen molar-refractivity contribution >= 4 is 17.8 Å². The van der Waals surface area contributed by atoms with Crippen LogP contribution in [0.25, 0.3) is 0 Å². The van der Waals surface area contributed by atoms with Crippen molar-refractivity contribution < 1.29 is 23.5 Å². The number of carbonyl (C=O) groups excluding carboxylic acids is 3. The number of carbonyl (C=O) groups is 3. The van der Waals surface area contributed by atoms with E-state index in [0.29, 0.717) is 5.92 Å². The molecule has 0 heterocycles. The van der Waals surface area contributed by atoms with Crippen LogP contribution in [0.1, 0.15) is 43.0 Å². The largest absolute Gasteiger partial charge is 0.454 e. The topological polar surface area (TPSA) is 84.5 Å². The summed E-state index contributed by atoms with van der Waals surface area (Å²) in [5.41, 5.74) is -0.153. The molecule has 1 aromatic carbocycles. The molecule has 1 saturated carbocycles. The van der Waals surface area contributed by atoms with Crippen LogP contribution in [0.5, 0.6) is 0 Å². The lowest BCUT2D eigenvalue weighted by atomic mass is 9.86. The summed E-state index contributed by atoms with van der Waals surface area (Å²) in [6, 6.07) is 5.57. The molecule has 0 radical (unpaired) electrons. The Labute approximate surface area is 146 Å². The van der Waals surface area contributed by atoms with Crippen molar-refractivity contribution in [3.05, 3.63) is 35.6 Å². The molecule has 1 aliphatic carbocycles. The van der Waals surface area contributed by atoms with E-state index in [1.165, 1.54) is 24.6 Å². The Kier molecular flexibility index (Phi) is 6.91. The summed E-state index contributed by atoms with van der Waals surface area (Å²) in [6.45, 7) is 1.27. The van der Waals surface area contributed by atoms with Crippen LogP contribution in [0.2, 0.25) is 0 Å².